The first-order chi connectivity index (χ1) is 10.2. The summed E-state index contributed by atoms with van der Waals surface area (Å²) < 4.78 is 27.5. The fourth-order valence-electron chi connectivity index (χ4n) is 2.15. The van der Waals surface area contributed by atoms with Crippen LogP contribution in [0.1, 0.15) is 33.3 Å². The number of hydrogen-bond acceptors (Lipinski definition) is 4. The van der Waals surface area contributed by atoms with Gasteiger partial charge in [-0.2, -0.15) is 0 Å². The first-order valence-corrected chi connectivity index (χ1v) is 9.00. The normalized spacial score (nSPS) is 11.4. The standard InChI is InChI=1S/C15H17NO4S2/c1-4-11-5-6-13(21-11)22(19,20)16-14-10(3)7-9(2)8-12(14)15(17)18/h5-8,16H,4H2,1-3H3,(H,17,18). The predicted octanol–water partition coefficient (Wildman–Crippen LogP) is 3.43. The highest BCUT2D eigenvalue weighted by molar-refractivity contribution is 7.94. The smallest absolute Gasteiger partial charge is 0.337 e. The molecule has 0 spiro atoms. The Balaban J connectivity index is 2.48. The van der Waals surface area contributed by atoms with Crippen molar-refractivity contribution in [2.45, 2.75) is 31.4 Å². The third kappa shape index (κ3) is 3.31. The number of thiophene rings is 1. The molecule has 5 nitrogen and oxygen atoms in total. The number of carbonyl (C=O) groups is 1. The summed E-state index contributed by atoms with van der Waals surface area (Å²) in [5.41, 5.74) is 1.41. The van der Waals surface area contributed by atoms with Crippen LogP contribution in [0, 0.1) is 13.8 Å². The number of aryl methyl sites for hydroxylation is 3. The van der Waals surface area contributed by atoms with E-state index in [1.54, 1.807) is 26.0 Å². The number of sulfonamides is 1. The van der Waals surface area contributed by atoms with Crippen molar-refractivity contribution in [3.8, 4) is 0 Å². The zero-order valence-corrected chi connectivity index (χ0v) is 14.1. The summed E-state index contributed by atoms with van der Waals surface area (Å²) in [6, 6.07) is 6.50. The third-order valence-corrected chi connectivity index (χ3v) is 6.27. The maximum atomic E-state index is 12.4. The van der Waals surface area contributed by atoms with Crippen LogP contribution in [0.15, 0.2) is 28.5 Å². The lowest BCUT2D eigenvalue weighted by Gasteiger charge is -2.13. The summed E-state index contributed by atoms with van der Waals surface area (Å²) >= 11 is 1.18. The van der Waals surface area contributed by atoms with Crippen molar-refractivity contribution in [3.63, 3.8) is 0 Å². The van der Waals surface area contributed by atoms with Crippen LogP contribution in [-0.2, 0) is 16.4 Å². The second kappa shape index (κ2) is 6.10. The number of hydrogen-bond donors (Lipinski definition) is 2. The van der Waals surface area contributed by atoms with Gasteiger partial charge in [0.05, 0.1) is 11.3 Å². The zero-order chi connectivity index (χ0) is 16.5. The maximum absolute atomic E-state index is 12.4. The summed E-state index contributed by atoms with van der Waals surface area (Å²) in [4.78, 5) is 12.3. The molecule has 2 aromatic rings. The lowest BCUT2D eigenvalue weighted by atomic mass is 10.0. The van der Waals surface area contributed by atoms with Crippen molar-refractivity contribution in [2.75, 3.05) is 4.72 Å². The van der Waals surface area contributed by atoms with Gasteiger partial charge in [-0.3, -0.25) is 4.72 Å². The molecule has 1 aromatic carbocycles. The van der Waals surface area contributed by atoms with Gasteiger partial charge in [-0.25, -0.2) is 13.2 Å². The second-order valence-electron chi connectivity index (χ2n) is 4.99. The van der Waals surface area contributed by atoms with Crippen LogP contribution in [0.2, 0.25) is 0 Å². The van der Waals surface area contributed by atoms with E-state index in [2.05, 4.69) is 4.72 Å². The van der Waals surface area contributed by atoms with E-state index < -0.39 is 16.0 Å². The van der Waals surface area contributed by atoms with Crippen LogP contribution in [0.3, 0.4) is 0 Å². The van der Waals surface area contributed by atoms with E-state index in [0.29, 0.717) is 5.56 Å². The SMILES string of the molecule is CCc1ccc(S(=O)(=O)Nc2c(C)cc(C)cc2C(=O)O)s1. The maximum Gasteiger partial charge on any atom is 0.337 e. The number of aromatic carboxylic acids is 1. The summed E-state index contributed by atoms with van der Waals surface area (Å²) in [6.45, 7) is 5.40. The van der Waals surface area contributed by atoms with E-state index in [-0.39, 0.29) is 15.5 Å². The molecule has 2 rings (SSSR count). The Labute approximate surface area is 133 Å². The summed E-state index contributed by atoms with van der Waals surface area (Å²) in [5, 5.41) is 9.29. The second-order valence-corrected chi connectivity index (χ2v) is 8.07. The molecule has 0 aliphatic carbocycles. The number of nitrogens with one attached hydrogen (secondary N) is 1. The lowest BCUT2D eigenvalue weighted by molar-refractivity contribution is 0.0698. The van der Waals surface area contributed by atoms with Gasteiger partial charge in [0.25, 0.3) is 10.0 Å². The topological polar surface area (TPSA) is 83.5 Å². The van der Waals surface area contributed by atoms with Crippen LogP contribution < -0.4 is 4.72 Å². The Morgan fingerprint density at radius 3 is 2.50 bits per heavy atom. The van der Waals surface area contributed by atoms with E-state index in [4.69, 9.17) is 0 Å². The van der Waals surface area contributed by atoms with Gasteiger partial charge in [-0.15, -0.1) is 11.3 Å². The quantitative estimate of drug-likeness (QED) is 0.874. The Kier molecular flexibility index (Phi) is 4.58. The molecule has 1 aromatic heterocycles. The van der Waals surface area contributed by atoms with Gasteiger partial charge < -0.3 is 5.11 Å². The van der Waals surface area contributed by atoms with E-state index in [1.165, 1.54) is 23.5 Å². The molecular weight excluding hydrogens is 322 g/mol. The Morgan fingerprint density at radius 1 is 1.27 bits per heavy atom. The fraction of sp³-hybridized carbons (Fsp3) is 0.267. The number of benzene rings is 1. The van der Waals surface area contributed by atoms with Crippen molar-refractivity contribution in [1.82, 2.24) is 0 Å². The zero-order valence-electron chi connectivity index (χ0n) is 12.5. The summed E-state index contributed by atoms with van der Waals surface area (Å²) in [5.74, 6) is -1.16. The predicted molar refractivity (Wildman–Crippen MR) is 87.4 cm³/mol. The third-order valence-electron chi connectivity index (χ3n) is 3.20. The molecule has 7 heteroatoms. The molecule has 0 amide bonds. The van der Waals surface area contributed by atoms with Gasteiger partial charge in [-0.05, 0) is 49.6 Å². The fourth-order valence-corrected chi connectivity index (χ4v) is 4.60. The average Bonchev–Trinajstić information content (AvgIpc) is 2.91. The van der Waals surface area contributed by atoms with Crippen molar-refractivity contribution in [3.05, 3.63) is 45.8 Å². The molecule has 0 saturated carbocycles. The molecule has 22 heavy (non-hydrogen) atoms. The highest BCUT2D eigenvalue weighted by Crippen LogP contribution is 2.28. The minimum absolute atomic E-state index is 0.0478. The summed E-state index contributed by atoms with van der Waals surface area (Å²) in [6.07, 6.45) is 0.754. The van der Waals surface area contributed by atoms with E-state index in [9.17, 15) is 18.3 Å². The highest BCUT2D eigenvalue weighted by atomic mass is 32.2. The minimum Gasteiger partial charge on any atom is -0.478 e. The van der Waals surface area contributed by atoms with Crippen LogP contribution >= 0.6 is 11.3 Å². The van der Waals surface area contributed by atoms with Gasteiger partial charge in [0.15, 0.2) is 0 Å². The molecule has 0 atom stereocenters. The van der Waals surface area contributed by atoms with Gasteiger partial charge in [0.1, 0.15) is 4.21 Å². The van der Waals surface area contributed by atoms with E-state index in [0.717, 1.165) is 16.9 Å². The summed E-state index contributed by atoms with van der Waals surface area (Å²) in [7, 11) is -3.79. The number of carboxylic acid groups (broad SMARTS) is 1. The van der Waals surface area contributed by atoms with Crippen LogP contribution in [0.25, 0.3) is 0 Å². The monoisotopic (exact) mass is 339 g/mol. The molecule has 1 heterocycles. The van der Waals surface area contributed by atoms with Crippen LogP contribution in [-0.4, -0.2) is 19.5 Å². The molecule has 0 saturated heterocycles. The Hall–Kier alpha value is -1.86. The van der Waals surface area contributed by atoms with Crippen molar-refractivity contribution in [1.29, 1.82) is 0 Å². The molecule has 2 N–H and O–H groups in total. The van der Waals surface area contributed by atoms with Gasteiger partial charge in [-0.1, -0.05) is 13.0 Å². The number of carboxylic acids is 1. The number of rotatable bonds is 5. The molecule has 0 aliphatic rings. The molecule has 0 bridgehead atoms. The minimum atomic E-state index is -3.79. The average molecular weight is 339 g/mol. The van der Waals surface area contributed by atoms with E-state index >= 15 is 0 Å². The first-order valence-electron chi connectivity index (χ1n) is 6.70. The van der Waals surface area contributed by atoms with Crippen molar-refractivity contribution >= 4 is 33.0 Å². The van der Waals surface area contributed by atoms with Crippen LogP contribution in [0.5, 0.6) is 0 Å². The lowest BCUT2D eigenvalue weighted by Crippen LogP contribution is -2.16. The number of anilines is 1. The molecular formula is C15H17NO4S2. The van der Waals surface area contributed by atoms with E-state index in [1.807, 2.05) is 6.92 Å². The van der Waals surface area contributed by atoms with Crippen molar-refractivity contribution < 1.29 is 18.3 Å². The molecule has 0 aliphatic heterocycles. The Morgan fingerprint density at radius 2 is 1.95 bits per heavy atom. The first kappa shape index (κ1) is 16.5. The Bertz CT molecular complexity index is 822. The molecule has 0 radical (unpaired) electrons. The largest absolute Gasteiger partial charge is 0.478 e. The van der Waals surface area contributed by atoms with Gasteiger partial charge in [0, 0.05) is 4.88 Å². The highest BCUT2D eigenvalue weighted by Gasteiger charge is 2.22. The van der Waals surface area contributed by atoms with Gasteiger partial charge >= 0.3 is 5.97 Å². The molecule has 118 valence electrons. The van der Waals surface area contributed by atoms with Crippen molar-refractivity contribution in [2.24, 2.45) is 0 Å². The van der Waals surface area contributed by atoms with Gasteiger partial charge in [0.2, 0.25) is 0 Å². The molecule has 0 unspecified atom stereocenters. The molecule has 0 fully saturated rings. The van der Waals surface area contributed by atoms with Crippen LogP contribution in [0.4, 0.5) is 5.69 Å².